The molecule has 1 atom stereocenters. The van der Waals surface area contributed by atoms with Crippen LogP contribution in [0.4, 0.5) is 0 Å². The first-order valence-electron chi connectivity index (χ1n) is 9.69. The van der Waals surface area contributed by atoms with E-state index in [-0.39, 0.29) is 5.41 Å². The van der Waals surface area contributed by atoms with Gasteiger partial charge >= 0.3 is 0 Å². The fraction of sp³-hybridized carbons (Fsp3) is 0.231. The minimum Gasteiger partial charge on any atom is -0.496 e. The van der Waals surface area contributed by atoms with E-state index in [1.807, 2.05) is 0 Å². The molecule has 0 N–H and O–H groups in total. The molecule has 0 amide bonds. The van der Waals surface area contributed by atoms with Crippen LogP contribution in [0, 0.1) is 5.92 Å². The molecule has 134 valence electrons. The van der Waals surface area contributed by atoms with Crippen molar-refractivity contribution in [2.45, 2.75) is 25.7 Å². The SMILES string of the molecule is COC1=C2C=CC=CC2CC=C1c1ccc2c(c1)C(C)(C)c1ccccc1-2. The lowest BCUT2D eigenvalue weighted by Crippen LogP contribution is -2.16. The third kappa shape index (κ3) is 2.31. The quantitative estimate of drug-likeness (QED) is 0.606. The van der Waals surface area contributed by atoms with Crippen LogP contribution in [0.15, 0.2) is 84.2 Å². The Morgan fingerprint density at radius 3 is 2.63 bits per heavy atom. The van der Waals surface area contributed by atoms with Crippen molar-refractivity contribution in [2.75, 3.05) is 7.11 Å². The van der Waals surface area contributed by atoms with E-state index in [0.29, 0.717) is 5.92 Å². The molecule has 5 rings (SSSR count). The molecular formula is C26H24O. The van der Waals surface area contributed by atoms with Crippen molar-refractivity contribution >= 4 is 5.57 Å². The van der Waals surface area contributed by atoms with E-state index in [1.165, 1.54) is 39.0 Å². The van der Waals surface area contributed by atoms with E-state index in [2.05, 4.69) is 86.7 Å². The molecule has 0 aliphatic heterocycles. The number of allylic oxidation sites excluding steroid dienone is 7. The molecule has 0 fully saturated rings. The minimum atomic E-state index is 0.0214. The Balaban J connectivity index is 1.64. The predicted molar refractivity (Wildman–Crippen MR) is 112 cm³/mol. The molecule has 0 spiro atoms. The third-order valence-electron chi connectivity index (χ3n) is 6.31. The van der Waals surface area contributed by atoms with E-state index in [4.69, 9.17) is 4.74 Å². The highest BCUT2D eigenvalue weighted by atomic mass is 16.5. The summed E-state index contributed by atoms with van der Waals surface area (Å²) in [4.78, 5) is 0. The van der Waals surface area contributed by atoms with Crippen molar-refractivity contribution in [2.24, 2.45) is 5.92 Å². The van der Waals surface area contributed by atoms with Crippen LogP contribution in [0.2, 0.25) is 0 Å². The Bertz CT molecular complexity index is 1060. The zero-order valence-electron chi connectivity index (χ0n) is 16.1. The lowest BCUT2D eigenvalue weighted by Gasteiger charge is -2.27. The molecule has 1 heteroatoms. The summed E-state index contributed by atoms with van der Waals surface area (Å²) in [5.74, 6) is 1.45. The lowest BCUT2D eigenvalue weighted by atomic mass is 9.79. The molecule has 0 saturated carbocycles. The summed E-state index contributed by atoms with van der Waals surface area (Å²) in [5, 5.41) is 0. The van der Waals surface area contributed by atoms with E-state index in [0.717, 1.165) is 12.2 Å². The van der Waals surface area contributed by atoms with Crippen molar-refractivity contribution in [3.8, 4) is 11.1 Å². The second-order valence-corrected chi connectivity index (χ2v) is 8.12. The molecule has 0 radical (unpaired) electrons. The Kier molecular flexibility index (Phi) is 3.55. The van der Waals surface area contributed by atoms with Gasteiger partial charge in [-0.05, 0) is 40.3 Å². The highest BCUT2D eigenvalue weighted by Gasteiger charge is 2.35. The first-order valence-corrected chi connectivity index (χ1v) is 9.69. The Morgan fingerprint density at radius 2 is 1.78 bits per heavy atom. The number of hydrogen-bond donors (Lipinski definition) is 0. The lowest BCUT2D eigenvalue weighted by molar-refractivity contribution is 0.302. The van der Waals surface area contributed by atoms with Crippen LogP contribution in [0.1, 0.15) is 37.0 Å². The average molecular weight is 352 g/mol. The van der Waals surface area contributed by atoms with Crippen LogP contribution in [-0.2, 0) is 10.2 Å². The first-order chi connectivity index (χ1) is 13.1. The normalized spacial score (nSPS) is 21.4. The molecule has 0 saturated heterocycles. The second-order valence-electron chi connectivity index (χ2n) is 8.12. The van der Waals surface area contributed by atoms with E-state index >= 15 is 0 Å². The molecular weight excluding hydrogens is 328 g/mol. The van der Waals surface area contributed by atoms with Gasteiger partial charge in [0.05, 0.1) is 7.11 Å². The number of methoxy groups -OCH3 is 1. The van der Waals surface area contributed by atoms with Crippen molar-refractivity contribution in [1.29, 1.82) is 0 Å². The summed E-state index contributed by atoms with van der Waals surface area (Å²) in [7, 11) is 1.79. The molecule has 3 aliphatic rings. The summed E-state index contributed by atoms with van der Waals surface area (Å²) in [5.41, 5.74) is 9.34. The summed E-state index contributed by atoms with van der Waals surface area (Å²) in [6.45, 7) is 4.66. The van der Waals surface area contributed by atoms with Gasteiger partial charge in [0.15, 0.2) is 0 Å². The first kappa shape index (κ1) is 16.4. The van der Waals surface area contributed by atoms with Crippen molar-refractivity contribution in [3.05, 3.63) is 101 Å². The second kappa shape index (κ2) is 5.85. The summed E-state index contributed by atoms with van der Waals surface area (Å²) < 4.78 is 5.89. The largest absolute Gasteiger partial charge is 0.496 e. The average Bonchev–Trinajstić information content (AvgIpc) is 2.94. The van der Waals surface area contributed by atoms with Gasteiger partial charge in [0.25, 0.3) is 0 Å². The number of fused-ring (bicyclic) bond motifs is 4. The molecule has 2 aromatic rings. The van der Waals surface area contributed by atoms with E-state index in [1.54, 1.807) is 7.11 Å². The summed E-state index contributed by atoms with van der Waals surface area (Å²) in [6, 6.07) is 15.7. The fourth-order valence-electron chi connectivity index (χ4n) is 4.88. The molecule has 27 heavy (non-hydrogen) atoms. The van der Waals surface area contributed by atoms with Gasteiger partial charge in [-0.2, -0.15) is 0 Å². The molecule has 1 nitrogen and oxygen atoms in total. The highest BCUT2D eigenvalue weighted by molar-refractivity contribution is 5.86. The minimum absolute atomic E-state index is 0.0214. The molecule has 1 unspecified atom stereocenters. The monoisotopic (exact) mass is 352 g/mol. The van der Waals surface area contributed by atoms with Gasteiger partial charge < -0.3 is 4.74 Å². The molecule has 0 heterocycles. The molecule has 0 bridgehead atoms. The van der Waals surface area contributed by atoms with Gasteiger partial charge in [0.1, 0.15) is 5.76 Å². The van der Waals surface area contributed by atoms with Gasteiger partial charge in [0.2, 0.25) is 0 Å². The number of rotatable bonds is 2. The van der Waals surface area contributed by atoms with Crippen molar-refractivity contribution in [3.63, 3.8) is 0 Å². The van der Waals surface area contributed by atoms with Crippen LogP contribution >= 0.6 is 0 Å². The molecule has 3 aliphatic carbocycles. The van der Waals surface area contributed by atoms with Gasteiger partial charge in [-0.15, -0.1) is 0 Å². The maximum absolute atomic E-state index is 5.89. The number of benzene rings is 2. The van der Waals surface area contributed by atoms with E-state index in [9.17, 15) is 0 Å². The van der Waals surface area contributed by atoms with Gasteiger partial charge in [-0.3, -0.25) is 0 Å². The van der Waals surface area contributed by atoms with Crippen LogP contribution < -0.4 is 0 Å². The summed E-state index contributed by atoms with van der Waals surface area (Å²) in [6.07, 6.45) is 12.1. The zero-order valence-corrected chi connectivity index (χ0v) is 16.1. The van der Waals surface area contributed by atoms with Gasteiger partial charge in [-0.1, -0.05) is 80.6 Å². The smallest absolute Gasteiger partial charge is 0.130 e. The number of hydrogen-bond acceptors (Lipinski definition) is 1. The van der Waals surface area contributed by atoms with E-state index < -0.39 is 0 Å². The van der Waals surface area contributed by atoms with Crippen molar-refractivity contribution in [1.82, 2.24) is 0 Å². The highest BCUT2D eigenvalue weighted by Crippen LogP contribution is 2.50. The topological polar surface area (TPSA) is 9.23 Å². The van der Waals surface area contributed by atoms with Crippen LogP contribution in [-0.4, -0.2) is 7.11 Å². The summed E-state index contributed by atoms with van der Waals surface area (Å²) >= 11 is 0. The molecule has 0 aromatic heterocycles. The molecule has 2 aromatic carbocycles. The van der Waals surface area contributed by atoms with Crippen LogP contribution in [0.25, 0.3) is 16.7 Å². The zero-order chi connectivity index (χ0) is 18.6. The standard InChI is InChI=1S/C26H24O/c1-26(2)23-11-7-6-10-21(23)22-15-13-18(16-24(22)26)20-14-12-17-8-4-5-9-19(17)25(20)27-3/h4-11,13-17H,12H2,1-3H3. The van der Waals surface area contributed by atoms with Gasteiger partial charge in [-0.25, -0.2) is 0 Å². The Hall–Kier alpha value is -2.80. The maximum atomic E-state index is 5.89. The number of ether oxygens (including phenoxy) is 1. The third-order valence-corrected chi connectivity index (χ3v) is 6.31. The van der Waals surface area contributed by atoms with Crippen LogP contribution in [0.3, 0.4) is 0 Å². The van der Waals surface area contributed by atoms with Gasteiger partial charge in [0, 0.05) is 22.5 Å². The fourth-order valence-corrected chi connectivity index (χ4v) is 4.88. The Morgan fingerprint density at radius 1 is 0.963 bits per heavy atom. The van der Waals surface area contributed by atoms with Crippen molar-refractivity contribution < 1.29 is 4.74 Å². The maximum Gasteiger partial charge on any atom is 0.130 e. The predicted octanol–water partition coefficient (Wildman–Crippen LogP) is 6.42. The van der Waals surface area contributed by atoms with Crippen LogP contribution in [0.5, 0.6) is 0 Å². The Labute approximate surface area is 161 Å².